The fourth-order valence-electron chi connectivity index (χ4n) is 0.699. The van der Waals surface area contributed by atoms with Crippen molar-refractivity contribution in [2.75, 3.05) is 37.2 Å². The Labute approximate surface area is 86.2 Å². The van der Waals surface area contributed by atoms with Gasteiger partial charge in [0.2, 0.25) is 0 Å². The molecular formula is C7H14O5S2. The predicted octanol–water partition coefficient (Wildman–Crippen LogP) is -1.00. The van der Waals surface area contributed by atoms with Crippen LogP contribution in [0.2, 0.25) is 0 Å². The van der Waals surface area contributed by atoms with Crippen molar-refractivity contribution in [2.45, 2.75) is 0 Å². The Kier molecular flexibility index (Phi) is 6.14. The molecule has 0 bridgehead atoms. The number of carbonyl (C=O) groups excluding carboxylic acids is 1. The monoisotopic (exact) mass is 242 g/mol. The molecule has 0 aliphatic carbocycles. The summed E-state index contributed by atoms with van der Waals surface area (Å²) in [7, 11) is -3.14. The van der Waals surface area contributed by atoms with Crippen LogP contribution in [0.3, 0.4) is 0 Å². The van der Waals surface area contributed by atoms with Crippen molar-refractivity contribution in [2.24, 2.45) is 0 Å². The quantitative estimate of drug-likeness (QED) is 0.572. The molecule has 1 unspecified atom stereocenters. The Morgan fingerprint density at radius 3 is 2.43 bits per heavy atom. The minimum Gasteiger partial charge on any atom is -0.377 e. The van der Waals surface area contributed by atoms with Crippen LogP contribution in [0.15, 0.2) is 0 Å². The van der Waals surface area contributed by atoms with Gasteiger partial charge in [0.15, 0.2) is 5.78 Å². The van der Waals surface area contributed by atoms with Crippen LogP contribution in [0.5, 0.6) is 0 Å². The van der Waals surface area contributed by atoms with E-state index >= 15 is 0 Å². The van der Waals surface area contributed by atoms with E-state index in [9.17, 15) is 17.4 Å². The molecule has 0 rings (SSSR count). The molecular weight excluding hydrogens is 228 g/mol. The maximum atomic E-state index is 11.1. The van der Waals surface area contributed by atoms with Crippen LogP contribution in [0.4, 0.5) is 0 Å². The second-order valence-electron chi connectivity index (χ2n) is 2.89. The normalized spacial score (nSPS) is 13.9. The van der Waals surface area contributed by atoms with Crippen molar-refractivity contribution in [3.05, 3.63) is 0 Å². The maximum Gasteiger partial charge on any atom is 0.170 e. The van der Waals surface area contributed by atoms with E-state index in [0.29, 0.717) is 0 Å². The third kappa shape index (κ3) is 8.33. The molecule has 0 aromatic carbocycles. The molecule has 5 nitrogen and oxygen atoms in total. The van der Waals surface area contributed by atoms with E-state index < -0.39 is 20.6 Å². The van der Waals surface area contributed by atoms with E-state index in [1.165, 1.54) is 7.11 Å². The SMILES string of the molecule is COCC(=O)CS(=O)CCS(C)(=O)=O. The average molecular weight is 242 g/mol. The van der Waals surface area contributed by atoms with Crippen LogP contribution >= 0.6 is 0 Å². The highest BCUT2D eigenvalue weighted by Crippen LogP contribution is 1.90. The van der Waals surface area contributed by atoms with Gasteiger partial charge in [-0.3, -0.25) is 9.00 Å². The molecule has 0 amide bonds. The van der Waals surface area contributed by atoms with Crippen molar-refractivity contribution in [1.82, 2.24) is 0 Å². The van der Waals surface area contributed by atoms with E-state index in [2.05, 4.69) is 4.74 Å². The van der Waals surface area contributed by atoms with Gasteiger partial charge in [0, 0.05) is 29.9 Å². The van der Waals surface area contributed by atoms with Gasteiger partial charge in [-0.05, 0) is 0 Å². The number of hydrogen-bond acceptors (Lipinski definition) is 5. The van der Waals surface area contributed by atoms with E-state index in [-0.39, 0.29) is 29.6 Å². The first-order valence-electron chi connectivity index (χ1n) is 3.88. The second kappa shape index (κ2) is 6.26. The summed E-state index contributed by atoms with van der Waals surface area (Å²) in [6.45, 7) is -0.0788. The molecule has 0 spiro atoms. The lowest BCUT2D eigenvalue weighted by molar-refractivity contribution is -0.120. The Balaban J connectivity index is 3.83. The molecule has 0 saturated carbocycles. The molecule has 0 saturated heterocycles. The number of methoxy groups -OCH3 is 1. The molecule has 0 heterocycles. The van der Waals surface area contributed by atoms with Gasteiger partial charge in [-0.1, -0.05) is 0 Å². The predicted molar refractivity (Wildman–Crippen MR) is 54.5 cm³/mol. The largest absolute Gasteiger partial charge is 0.377 e. The van der Waals surface area contributed by atoms with Gasteiger partial charge in [0.05, 0.1) is 11.5 Å². The van der Waals surface area contributed by atoms with Gasteiger partial charge in [0.1, 0.15) is 16.4 Å². The molecule has 0 fully saturated rings. The maximum absolute atomic E-state index is 11.1. The van der Waals surface area contributed by atoms with Gasteiger partial charge < -0.3 is 4.74 Å². The summed E-state index contributed by atoms with van der Waals surface area (Å²) in [5, 5.41) is 0. The molecule has 0 N–H and O–H groups in total. The number of Topliss-reactive ketones (excluding diaryl/α,β-unsaturated/α-hetero) is 1. The van der Waals surface area contributed by atoms with Crippen LogP contribution in [-0.2, 0) is 30.2 Å². The number of ketones is 1. The molecule has 0 aliphatic rings. The highest BCUT2D eigenvalue weighted by atomic mass is 32.2. The molecule has 0 radical (unpaired) electrons. The summed E-state index contributed by atoms with van der Waals surface area (Å²) in [6.07, 6.45) is 1.07. The third-order valence-corrected chi connectivity index (χ3v) is 3.82. The number of rotatable bonds is 7. The van der Waals surface area contributed by atoms with Crippen LogP contribution in [0.1, 0.15) is 0 Å². The van der Waals surface area contributed by atoms with E-state index in [0.717, 1.165) is 6.26 Å². The number of sulfone groups is 1. The van der Waals surface area contributed by atoms with Crippen LogP contribution in [-0.4, -0.2) is 55.6 Å². The lowest BCUT2D eigenvalue weighted by atomic mass is 10.5. The Morgan fingerprint density at radius 1 is 1.43 bits per heavy atom. The molecule has 7 heteroatoms. The Bertz CT molecular complexity index is 306. The van der Waals surface area contributed by atoms with Crippen molar-refractivity contribution in [3.63, 3.8) is 0 Å². The highest BCUT2D eigenvalue weighted by molar-refractivity contribution is 7.92. The van der Waals surface area contributed by atoms with Gasteiger partial charge in [0.25, 0.3) is 0 Å². The zero-order valence-electron chi connectivity index (χ0n) is 8.19. The third-order valence-electron chi connectivity index (χ3n) is 1.31. The standard InChI is InChI=1S/C7H14O5S2/c1-12-5-7(8)6-13(9)3-4-14(2,10)11/h3-6H2,1-2H3. The van der Waals surface area contributed by atoms with Crippen LogP contribution < -0.4 is 0 Å². The minimum absolute atomic E-state index is 0.00822. The minimum atomic E-state index is -3.10. The number of hydrogen-bond donors (Lipinski definition) is 0. The van der Waals surface area contributed by atoms with E-state index in [4.69, 9.17) is 0 Å². The summed E-state index contributed by atoms with van der Waals surface area (Å²) in [4.78, 5) is 10.9. The smallest absolute Gasteiger partial charge is 0.170 e. The molecule has 1 atom stereocenters. The summed E-state index contributed by atoms with van der Waals surface area (Å²) >= 11 is 0. The van der Waals surface area contributed by atoms with Gasteiger partial charge in [-0.25, -0.2) is 8.42 Å². The average Bonchev–Trinajstić information content (AvgIpc) is 2.00. The van der Waals surface area contributed by atoms with E-state index in [1.807, 2.05) is 0 Å². The lowest BCUT2D eigenvalue weighted by Gasteiger charge is -2.00. The second-order valence-corrected chi connectivity index (χ2v) is 6.73. The fourth-order valence-corrected chi connectivity index (χ4v) is 3.24. The van der Waals surface area contributed by atoms with Crippen LogP contribution in [0, 0.1) is 0 Å². The highest BCUT2D eigenvalue weighted by Gasteiger charge is 2.10. The van der Waals surface area contributed by atoms with E-state index in [1.54, 1.807) is 0 Å². The van der Waals surface area contributed by atoms with Crippen molar-refractivity contribution in [3.8, 4) is 0 Å². The summed E-state index contributed by atoms with van der Waals surface area (Å²) in [5.74, 6) is -0.559. The Morgan fingerprint density at radius 2 is 2.00 bits per heavy atom. The van der Waals surface area contributed by atoms with Crippen LogP contribution in [0.25, 0.3) is 0 Å². The zero-order valence-corrected chi connectivity index (χ0v) is 9.82. The summed E-state index contributed by atoms with van der Waals surface area (Å²) in [5.41, 5.74) is 0. The van der Waals surface area contributed by atoms with Crippen molar-refractivity contribution in [1.29, 1.82) is 0 Å². The molecule has 0 aliphatic heterocycles. The molecule has 84 valence electrons. The molecule has 14 heavy (non-hydrogen) atoms. The molecule has 0 aromatic heterocycles. The zero-order chi connectivity index (χ0) is 11.2. The van der Waals surface area contributed by atoms with Gasteiger partial charge in [-0.15, -0.1) is 0 Å². The molecule has 0 aromatic rings. The van der Waals surface area contributed by atoms with Gasteiger partial charge >= 0.3 is 0 Å². The van der Waals surface area contributed by atoms with Crippen molar-refractivity contribution >= 4 is 26.4 Å². The Hall–Kier alpha value is -0.270. The van der Waals surface area contributed by atoms with Crippen molar-refractivity contribution < 1.29 is 22.2 Å². The first-order chi connectivity index (χ1) is 6.35. The lowest BCUT2D eigenvalue weighted by Crippen LogP contribution is -2.20. The number of carbonyl (C=O) groups is 1. The first kappa shape index (κ1) is 13.7. The fraction of sp³-hybridized carbons (Fsp3) is 0.857. The first-order valence-corrected chi connectivity index (χ1v) is 7.43. The summed E-state index contributed by atoms with van der Waals surface area (Å²) in [6, 6.07) is 0. The topological polar surface area (TPSA) is 77.5 Å². The van der Waals surface area contributed by atoms with Gasteiger partial charge in [-0.2, -0.15) is 0 Å². The number of ether oxygens (including phenoxy) is 1. The summed E-state index contributed by atoms with van der Waals surface area (Å²) < 4.78 is 37.1.